The second-order valence-electron chi connectivity index (χ2n) is 8.39. The lowest BCUT2D eigenvalue weighted by Crippen LogP contribution is -2.58. The van der Waals surface area contributed by atoms with E-state index in [0.717, 1.165) is 37.8 Å². The van der Waals surface area contributed by atoms with Gasteiger partial charge in [0, 0.05) is 18.8 Å². The molecule has 1 spiro atoms. The number of ether oxygens (including phenoxy) is 1. The van der Waals surface area contributed by atoms with Gasteiger partial charge < -0.3 is 16.2 Å². The topological polar surface area (TPSA) is 127 Å². The van der Waals surface area contributed by atoms with Crippen LogP contribution in [0.3, 0.4) is 0 Å². The molecule has 0 radical (unpaired) electrons. The molecular formula is C20H30N6O3S. The van der Waals surface area contributed by atoms with Crippen LogP contribution in [0.1, 0.15) is 46.0 Å². The highest BCUT2D eigenvalue weighted by atomic mass is 32.2. The Labute approximate surface area is 177 Å². The first-order valence-electron chi connectivity index (χ1n) is 10.5. The van der Waals surface area contributed by atoms with E-state index in [-0.39, 0.29) is 29.0 Å². The van der Waals surface area contributed by atoms with Crippen molar-refractivity contribution in [3.8, 4) is 0 Å². The Morgan fingerprint density at radius 3 is 2.23 bits per heavy atom. The van der Waals surface area contributed by atoms with E-state index in [2.05, 4.69) is 9.98 Å². The molecule has 0 aromatic heterocycles. The Morgan fingerprint density at radius 2 is 1.63 bits per heavy atom. The van der Waals surface area contributed by atoms with Crippen LogP contribution in [-0.2, 0) is 14.8 Å². The minimum Gasteiger partial charge on any atom is -0.373 e. The molecule has 3 aliphatic rings. The van der Waals surface area contributed by atoms with E-state index >= 15 is 0 Å². The van der Waals surface area contributed by atoms with E-state index in [1.165, 1.54) is 4.31 Å². The summed E-state index contributed by atoms with van der Waals surface area (Å²) in [5.74, 6) is 0.483. The van der Waals surface area contributed by atoms with Gasteiger partial charge in [-0.25, -0.2) is 13.4 Å². The third-order valence-electron chi connectivity index (χ3n) is 5.97. The maximum Gasteiger partial charge on any atom is 0.243 e. The zero-order valence-electron chi connectivity index (χ0n) is 17.5. The number of aliphatic imine (C=N–C) groups is 2. The van der Waals surface area contributed by atoms with Crippen LogP contribution in [0.2, 0.25) is 0 Å². The number of hydrogen-bond acceptors (Lipinski definition) is 8. The summed E-state index contributed by atoms with van der Waals surface area (Å²) in [5.41, 5.74) is 12.4. The molecule has 1 aromatic rings. The molecule has 0 amide bonds. The third-order valence-corrected chi connectivity index (χ3v) is 7.82. The van der Waals surface area contributed by atoms with E-state index in [4.69, 9.17) is 16.2 Å². The lowest BCUT2D eigenvalue weighted by atomic mass is 9.87. The smallest absolute Gasteiger partial charge is 0.243 e. The zero-order valence-corrected chi connectivity index (χ0v) is 18.3. The summed E-state index contributed by atoms with van der Waals surface area (Å²) < 4.78 is 33.4. The number of hydrogen-bond donors (Lipinski definition) is 2. The van der Waals surface area contributed by atoms with E-state index in [0.29, 0.717) is 13.1 Å². The van der Waals surface area contributed by atoms with Crippen molar-refractivity contribution in [2.75, 3.05) is 18.0 Å². The van der Waals surface area contributed by atoms with Crippen molar-refractivity contribution in [1.29, 1.82) is 0 Å². The van der Waals surface area contributed by atoms with Gasteiger partial charge in [0.1, 0.15) is 5.66 Å². The predicted octanol–water partition coefficient (Wildman–Crippen LogP) is 1.59. The van der Waals surface area contributed by atoms with Gasteiger partial charge in [-0.15, -0.1) is 0 Å². The summed E-state index contributed by atoms with van der Waals surface area (Å²) in [4.78, 5) is 11.0. The largest absolute Gasteiger partial charge is 0.373 e. The molecule has 2 atom stereocenters. The maximum absolute atomic E-state index is 13.1. The van der Waals surface area contributed by atoms with Crippen molar-refractivity contribution in [3.05, 3.63) is 24.3 Å². The number of sulfonamides is 1. The summed E-state index contributed by atoms with van der Waals surface area (Å²) in [6.45, 7) is 4.46. The van der Waals surface area contributed by atoms with Crippen LogP contribution in [0.4, 0.5) is 5.69 Å². The van der Waals surface area contributed by atoms with Gasteiger partial charge in [-0.3, -0.25) is 4.90 Å². The summed E-state index contributed by atoms with van der Waals surface area (Å²) in [7, 11) is -3.61. The van der Waals surface area contributed by atoms with Gasteiger partial charge in [0.25, 0.3) is 0 Å². The number of guanidine groups is 2. The molecular weight excluding hydrogens is 404 g/mol. The van der Waals surface area contributed by atoms with E-state index in [1.807, 2.05) is 18.7 Å². The summed E-state index contributed by atoms with van der Waals surface area (Å²) in [6.07, 6.45) is 4.58. The fourth-order valence-corrected chi connectivity index (χ4v) is 6.33. The zero-order chi connectivity index (χ0) is 21.5. The standard InChI is InChI=1S/C20H30N6O3S/c1-14-12-25(13-15(2)29-14)30(27,28)17-8-6-16(7-9-17)26-19(22)23-18(21)24-20(26)10-4-3-5-11-20/h6-9,14-15H,3-5,10-13H2,1-2H3,(H4,21,22,23,24). The van der Waals surface area contributed by atoms with Crippen molar-refractivity contribution >= 4 is 27.6 Å². The van der Waals surface area contributed by atoms with Crippen molar-refractivity contribution in [3.63, 3.8) is 0 Å². The quantitative estimate of drug-likeness (QED) is 0.744. The molecule has 0 bridgehead atoms. The van der Waals surface area contributed by atoms with Gasteiger partial charge in [0.15, 0.2) is 0 Å². The molecule has 4 rings (SSSR count). The van der Waals surface area contributed by atoms with E-state index in [9.17, 15) is 8.42 Å². The molecule has 2 aliphatic heterocycles. The number of benzene rings is 1. The van der Waals surface area contributed by atoms with Crippen molar-refractivity contribution in [1.82, 2.24) is 4.31 Å². The molecule has 1 saturated heterocycles. The fraction of sp³-hybridized carbons (Fsp3) is 0.600. The molecule has 10 heteroatoms. The summed E-state index contributed by atoms with van der Waals surface area (Å²) in [6, 6.07) is 6.80. The average molecular weight is 435 g/mol. The molecule has 1 saturated carbocycles. The predicted molar refractivity (Wildman–Crippen MR) is 117 cm³/mol. The molecule has 164 valence electrons. The van der Waals surface area contributed by atoms with Gasteiger partial charge in [-0.05, 0) is 63.8 Å². The van der Waals surface area contributed by atoms with Gasteiger partial charge in [0.2, 0.25) is 21.9 Å². The Kier molecular flexibility index (Phi) is 5.50. The molecule has 9 nitrogen and oxygen atoms in total. The molecule has 2 fully saturated rings. The van der Waals surface area contributed by atoms with Crippen LogP contribution in [0.25, 0.3) is 0 Å². The van der Waals surface area contributed by atoms with Crippen LogP contribution in [0.5, 0.6) is 0 Å². The monoisotopic (exact) mass is 434 g/mol. The SMILES string of the molecule is CC1CN(S(=O)(=O)c2ccc(N3C(N)=NC(N)=NC34CCCCC4)cc2)CC(C)O1. The third kappa shape index (κ3) is 3.79. The van der Waals surface area contributed by atoms with Crippen molar-refractivity contribution < 1.29 is 13.2 Å². The lowest BCUT2D eigenvalue weighted by molar-refractivity contribution is -0.0440. The van der Waals surface area contributed by atoms with Crippen LogP contribution in [-0.4, -0.2) is 55.6 Å². The highest BCUT2D eigenvalue weighted by Crippen LogP contribution is 2.39. The van der Waals surface area contributed by atoms with Crippen molar-refractivity contribution in [2.45, 2.75) is 68.7 Å². The van der Waals surface area contributed by atoms with Crippen LogP contribution in [0, 0.1) is 0 Å². The number of nitrogens with two attached hydrogens (primary N) is 2. The highest BCUT2D eigenvalue weighted by Gasteiger charge is 2.42. The maximum atomic E-state index is 13.1. The number of morpholine rings is 1. The fourth-order valence-electron chi connectivity index (χ4n) is 4.74. The average Bonchev–Trinajstić information content (AvgIpc) is 2.67. The summed E-state index contributed by atoms with van der Waals surface area (Å²) >= 11 is 0. The molecule has 30 heavy (non-hydrogen) atoms. The molecule has 1 aromatic carbocycles. The molecule has 1 aliphatic carbocycles. The summed E-state index contributed by atoms with van der Waals surface area (Å²) in [5, 5.41) is 0. The highest BCUT2D eigenvalue weighted by molar-refractivity contribution is 7.89. The van der Waals surface area contributed by atoms with Crippen LogP contribution in [0.15, 0.2) is 39.1 Å². The Bertz CT molecular complexity index is 943. The number of anilines is 1. The van der Waals surface area contributed by atoms with Crippen molar-refractivity contribution in [2.24, 2.45) is 21.5 Å². The molecule has 2 heterocycles. The van der Waals surface area contributed by atoms with Gasteiger partial charge in [-0.2, -0.15) is 9.30 Å². The van der Waals surface area contributed by atoms with E-state index < -0.39 is 15.7 Å². The first-order valence-corrected chi connectivity index (χ1v) is 11.9. The first-order chi connectivity index (χ1) is 14.2. The van der Waals surface area contributed by atoms with Gasteiger partial charge in [-0.1, -0.05) is 6.42 Å². The minimum atomic E-state index is -3.61. The normalized spacial score (nSPS) is 27.6. The van der Waals surface area contributed by atoms with E-state index in [1.54, 1.807) is 24.3 Å². The number of nitrogens with zero attached hydrogens (tertiary/aromatic N) is 4. The second kappa shape index (κ2) is 7.82. The molecule has 2 unspecified atom stereocenters. The van der Waals surface area contributed by atoms with Gasteiger partial charge >= 0.3 is 0 Å². The van der Waals surface area contributed by atoms with Gasteiger partial charge in [0.05, 0.1) is 17.1 Å². The first kappa shape index (κ1) is 21.1. The Hall–Kier alpha value is -2.17. The van der Waals surface area contributed by atoms with Crippen LogP contribution < -0.4 is 16.4 Å². The Morgan fingerprint density at radius 1 is 1.03 bits per heavy atom. The lowest BCUT2D eigenvalue weighted by Gasteiger charge is -2.45. The number of rotatable bonds is 3. The Balaban J connectivity index is 1.63. The minimum absolute atomic E-state index is 0.137. The second-order valence-corrected chi connectivity index (χ2v) is 10.3. The van der Waals surface area contributed by atoms with Crippen LogP contribution >= 0.6 is 0 Å². The molecule has 4 N–H and O–H groups in total.